The molecule has 0 aliphatic carbocycles. The van der Waals surface area contributed by atoms with E-state index in [4.69, 9.17) is 23.2 Å². The molecule has 0 fully saturated rings. The van der Waals surface area contributed by atoms with Crippen molar-refractivity contribution in [1.29, 1.82) is 0 Å². The number of allylic oxidation sites excluding steroid dienone is 2. The van der Waals surface area contributed by atoms with E-state index in [1.165, 1.54) is 38.5 Å². The maximum absolute atomic E-state index is 6.05. The van der Waals surface area contributed by atoms with Gasteiger partial charge < -0.3 is 0 Å². The van der Waals surface area contributed by atoms with Crippen LogP contribution in [-0.2, 0) is 0 Å². The van der Waals surface area contributed by atoms with Crippen LogP contribution >= 0.6 is 23.2 Å². The van der Waals surface area contributed by atoms with Gasteiger partial charge in [-0.25, -0.2) is 0 Å². The first-order valence-electron chi connectivity index (χ1n) is 5.68. The lowest BCUT2D eigenvalue weighted by Gasteiger charge is -2.03. The van der Waals surface area contributed by atoms with Crippen molar-refractivity contribution in [3.63, 3.8) is 0 Å². The molecular weight excluding hydrogens is 215 g/mol. The fourth-order valence-corrected chi connectivity index (χ4v) is 1.78. The van der Waals surface area contributed by atoms with E-state index in [1.54, 1.807) is 0 Å². The van der Waals surface area contributed by atoms with Crippen molar-refractivity contribution in [3.8, 4) is 0 Å². The summed E-state index contributed by atoms with van der Waals surface area (Å²) in [5.74, 6) is 0.569. The SMILES string of the molecule is CCCCCCCCC(Cl)C=CCCl. The lowest BCUT2D eigenvalue weighted by Crippen LogP contribution is -1.93. The van der Waals surface area contributed by atoms with Gasteiger partial charge in [0.2, 0.25) is 0 Å². The number of hydrogen-bond acceptors (Lipinski definition) is 0. The molecule has 0 bridgehead atoms. The van der Waals surface area contributed by atoms with Gasteiger partial charge in [0.15, 0.2) is 0 Å². The zero-order valence-corrected chi connectivity index (χ0v) is 10.7. The van der Waals surface area contributed by atoms with Crippen LogP contribution in [0.25, 0.3) is 0 Å². The van der Waals surface area contributed by atoms with Gasteiger partial charge in [0.05, 0.1) is 5.38 Å². The molecule has 0 rings (SSSR count). The molecule has 0 nitrogen and oxygen atoms in total. The van der Waals surface area contributed by atoms with Crippen LogP contribution in [0.3, 0.4) is 0 Å². The van der Waals surface area contributed by atoms with Crippen molar-refractivity contribution in [2.24, 2.45) is 0 Å². The van der Waals surface area contributed by atoms with E-state index in [2.05, 4.69) is 6.92 Å². The van der Waals surface area contributed by atoms with Gasteiger partial charge in [-0.2, -0.15) is 0 Å². The molecule has 1 atom stereocenters. The highest BCUT2D eigenvalue weighted by Gasteiger charge is 1.98. The molecule has 0 aliphatic heterocycles. The lowest BCUT2D eigenvalue weighted by atomic mass is 10.1. The minimum Gasteiger partial charge on any atom is -0.122 e. The van der Waals surface area contributed by atoms with Crippen LogP contribution < -0.4 is 0 Å². The molecular formula is C12H22Cl2. The monoisotopic (exact) mass is 236 g/mol. The van der Waals surface area contributed by atoms with Gasteiger partial charge in [0.1, 0.15) is 0 Å². The summed E-state index contributed by atoms with van der Waals surface area (Å²) in [6, 6.07) is 0. The molecule has 0 aromatic carbocycles. The van der Waals surface area contributed by atoms with E-state index in [0.29, 0.717) is 5.88 Å². The molecule has 0 aromatic rings. The van der Waals surface area contributed by atoms with Crippen molar-refractivity contribution in [1.82, 2.24) is 0 Å². The number of hydrogen-bond donors (Lipinski definition) is 0. The van der Waals surface area contributed by atoms with Gasteiger partial charge >= 0.3 is 0 Å². The zero-order valence-electron chi connectivity index (χ0n) is 9.14. The Kier molecular flexibility index (Phi) is 11.7. The Morgan fingerprint density at radius 2 is 1.71 bits per heavy atom. The molecule has 14 heavy (non-hydrogen) atoms. The fraction of sp³-hybridized carbons (Fsp3) is 0.833. The second-order valence-electron chi connectivity index (χ2n) is 3.65. The Morgan fingerprint density at radius 3 is 2.36 bits per heavy atom. The number of halogens is 2. The Balaban J connectivity index is 3.14. The molecule has 0 aliphatic rings. The molecule has 0 N–H and O–H groups in total. The Bertz CT molecular complexity index is 132. The van der Waals surface area contributed by atoms with E-state index >= 15 is 0 Å². The molecule has 0 saturated heterocycles. The van der Waals surface area contributed by atoms with E-state index in [0.717, 1.165) is 6.42 Å². The molecule has 0 saturated carbocycles. The van der Waals surface area contributed by atoms with E-state index in [-0.39, 0.29) is 5.38 Å². The summed E-state index contributed by atoms with van der Waals surface area (Å²) in [5.41, 5.74) is 0. The van der Waals surface area contributed by atoms with Crippen LogP contribution in [0.1, 0.15) is 51.9 Å². The highest BCUT2D eigenvalue weighted by atomic mass is 35.5. The molecule has 0 radical (unpaired) electrons. The molecule has 0 aromatic heterocycles. The second kappa shape index (κ2) is 11.4. The highest BCUT2D eigenvalue weighted by Crippen LogP contribution is 2.12. The van der Waals surface area contributed by atoms with Gasteiger partial charge in [0.25, 0.3) is 0 Å². The number of alkyl halides is 2. The van der Waals surface area contributed by atoms with Crippen LogP contribution in [0.2, 0.25) is 0 Å². The highest BCUT2D eigenvalue weighted by molar-refractivity contribution is 6.22. The van der Waals surface area contributed by atoms with Crippen molar-refractivity contribution >= 4 is 23.2 Å². The third-order valence-electron chi connectivity index (χ3n) is 2.27. The summed E-state index contributed by atoms with van der Waals surface area (Å²) in [7, 11) is 0. The van der Waals surface area contributed by atoms with Crippen LogP contribution in [0, 0.1) is 0 Å². The fourth-order valence-electron chi connectivity index (χ4n) is 1.41. The molecule has 0 spiro atoms. The topological polar surface area (TPSA) is 0 Å². The minimum absolute atomic E-state index is 0.180. The van der Waals surface area contributed by atoms with Crippen molar-refractivity contribution in [2.45, 2.75) is 57.2 Å². The van der Waals surface area contributed by atoms with Crippen LogP contribution in [0.4, 0.5) is 0 Å². The normalized spacial score (nSPS) is 13.6. The van der Waals surface area contributed by atoms with Crippen molar-refractivity contribution in [3.05, 3.63) is 12.2 Å². The Hall–Kier alpha value is 0.320. The first-order chi connectivity index (χ1) is 6.81. The second-order valence-corrected chi connectivity index (χ2v) is 4.52. The van der Waals surface area contributed by atoms with Gasteiger partial charge in [-0.3, -0.25) is 0 Å². The molecule has 0 amide bonds. The zero-order chi connectivity index (χ0) is 10.6. The van der Waals surface area contributed by atoms with Gasteiger partial charge in [-0.05, 0) is 6.42 Å². The average molecular weight is 237 g/mol. The number of unbranched alkanes of at least 4 members (excludes halogenated alkanes) is 5. The summed E-state index contributed by atoms with van der Waals surface area (Å²) in [5, 5.41) is 0.180. The summed E-state index contributed by atoms with van der Waals surface area (Å²) in [6.07, 6.45) is 13.0. The van der Waals surface area contributed by atoms with E-state index in [9.17, 15) is 0 Å². The van der Waals surface area contributed by atoms with Crippen molar-refractivity contribution < 1.29 is 0 Å². The van der Waals surface area contributed by atoms with Gasteiger partial charge in [-0.1, -0.05) is 57.6 Å². The van der Waals surface area contributed by atoms with Crippen LogP contribution in [-0.4, -0.2) is 11.3 Å². The smallest absolute Gasteiger partial charge is 0.0516 e. The minimum atomic E-state index is 0.180. The van der Waals surface area contributed by atoms with Crippen LogP contribution in [0.15, 0.2) is 12.2 Å². The predicted octanol–water partition coefficient (Wildman–Crippen LogP) is 5.14. The number of rotatable bonds is 9. The standard InChI is InChI=1S/C12H22Cl2/c1-2-3-4-5-6-7-9-12(14)10-8-11-13/h8,10,12H,2-7,9,11H2,1H3. The summed E-state index contributed by atoms with van der Waals surface area (Å²) < 4.78 is 0. The Labute approximate surface area is 98.7 Å². The molecule has 2 heteroatoms. The van der Waals surface area contributed by atoms with Gasteiger partial charge in [-0.15, -0.1) is 23.2 Å². The third kappa shape index (κ3) is 10.4. The predicted molar refractivity (Wildman–Crippen MR) is 67.5 cm³/mol. The molecule has 84 valence electrons. The maximum atomic E-state index is 6.05. The summed E-state index contributed by atoms with van der Waals surface area (Å²) in [4.78, 5) is 0. The van der Waals surface area contributed by atoms with E-state index < -0.39 is 0 Å². The molecule has 1 unspecified atom stereocenters. The first kappa shape index (κ1) is 14.3. The lowest BCUT2D eigenvalue weighted by molar-refractivity contribution is 0.593. The molecule has 0 heterocycles. The summed E-state index contributed by atoms with van der Waals surface area (Å²) >= 11 is 11.6. The van der Waals surface area contributed by atoms with Crippen LogP contribution in [0.5, 0.6) is 0 Å². The average Bonchev–Trinajstić information content (AvgIpc) is 2.20. The largest absolute Gasteiger partial charge is 0.122 e. The van der Waals surface area contributed by atoms with Gasteiger partial charge in [0, 0.05) is 5.88 Å². The van der Waals surface area contributed by atoms with E-state index in [1.807, 2.05) is 12.2 Å². The maximum Gasteiger partial charge on any atom is 0.0516 e. The van der Waals surface area contributed by atoms with Crippen molar-refractivity contribution in [2.75, 3.05) is 5.88 Å². The Morgan fingerprint density at radius 1 is 1.07 bits per heavy atom. The first-order valence-corrected chi connectivity index (χ1v) is 6.65. The third-order valence-corrected chi connectivity index (χ3v) is 2.81. The summed E-state index contributed by atoms with van der Waals surface area (Å²) in [6.45, 7) is 2.24. The quantitative estimate of drug-likeness (QED) is 0.296.